The minimum Gasteiger partial charge on any atom is -0.443 e. The second-order valence-electron chi connectivity index (χ2n) is 11.9. The van der Waals surface area contributed by atoms with E-state index in [-0.39, 0.29) is 17.8 Å². The van der Waals surface area contributed by atoms with Gasteiger partial charge in [0.1, 0.15) is 5.82 Å². The van der Waals surface area contributed by atoms with E-state index in [9.17, 15) is 36.3 Å². The third-order valence-corrected chi connectivity index (χ3v) is 7.80. The number of anilines is 1. The molecule has 1 aliphatic carbocycles. The van der Waals surface area contributed by atoms with Crippen LogP contribution in [0.3, 0.4) is 0 Å². The molecule has 1 aliphatic rings. The summed E-state index contributed by atoms with van der Waals surface area (Å²) >= 11 is 0. The fraction of sp³-hybridized carbons (Fsp3) is 0.312. The molecule has 3 aromatic carbocycles. The molecule has 242 valence electrons. The van der Waals surface area contributed by atoms with Crippen LogP contribution in [0.15, 0.2) is 35.1 Å². The Balaban J connectivity index is 1.46. The van der Waals surface area contributed by atoms with Gasteiger partial charge in [0.25, 0.3) is 5.56 Å². The van der Waals surface area contributed by atoms with Gasteiger partial charge in [-0.25, -0.2) is 27.3 Å². The van der Waals surface area contributed by atoms with Crippen molar-refractivity contribution in [3.05, 3.63) is 98.1 Å². The number of hydrogen-bond donors (Lipinski definition) is 0. The largest absolute Gasteiger partial charge is 0.443 e. The van der Waals surface area contributed by atoms with Crippen molar-refractivity contribution in [2.75, 3.05) is 11.9 Å². The van der Waals surface area contributed by atoms with Crippen molar-refractivity contribution >= 4 is 28.5 Å². The van der Waals surface area contributed by atoms with E-state index >= 15 is 4.39 Å². The zero-order valence-corrected chi connectivity index (χ0v) is 25.2. The highest BCUT2D eigenvalue weighted by molar-refractivity contribution is 5.92. The van der Waals surface area contributed by atoms with Crippen LogP contribution >= 0.6 is 0 Å². The standard InChI is InChI=1S/C32H27F6N3O5/c1-14-39-19-11-15-9-10-20(17(15)12-18(19)29(42)41(14)13-45-31(44)32(2,3)4)40(5)21-8-6-7-16(22(21)33)30(43)46-28-26(37)24(35)23(34)25(36)27(28)38/h6-8,11-12,20H,9-10,13H2,1-5H3. The number of fused-ring (bicyclic) bond motifs is 2. The van der Waals surface area contributed by atoms with Crippen LogP contribution in [0.1, 0.15) is 60.5 Å². The molecular formula is C32H27F6N3O5. The quantitative estimate of drug-likeness (QED) is 0.0784. The first kappa shape index (κ1) is 32.5. The average molecular weight is 648 g/mol. The highest BCUT2D eigenvalue weighted by Gasteiger charge is 2.32. The highest BCUT2D eigenvalue weighted by Crippen LogP contribution is 2.40. The van der Waals surface area contributed by atoms with E-state index in [2.05, 4.69) is 9.72 Å². The number of halogens is 6. The normalized spacial score (nSPS) is 14.4. The van der Waals surface area contributed by atoms with Crippen molar-refractivity contribution < 1.29 is 45.4 Å². The molecule has 0 bridgehead atoms. The Morgan fingerprint density at radius 1 is 0.978 bits per heavy atom. The fourth-order valence-corrected chi connectivity index (χ4v) is 5.25. The average Bonchev–Trinajstić information content (AvgIpc) is 3.42. The minimum atomic E-state index is -2.44. The van der Waals surface area contributed by atoms with Gasteiger partial charge in [0.2, 0.25) is 34.8 Å². The van der Waals surface area contributed by atoms with Gasteiger partial charge in [0.15, 0.2) is 12.5 Å². The maximum atomic E-state index is 15.7. The minimum absolute atomic E-state index is 0.140. The summed E-state index contributed by atoms with van der Waals surface area (Å²) in [5, 5.41) is 0.233. The van der Waals surface area contributed by atoms with E-state index in [4.69, 9.17) is 4.74 Å². The number of carbonyl (C=O) groups is 2. The van der Waals surface area contributed by atoms with Gasteiger partial charge in [-0.15, -0.1) is 0 Å². The lowest BCUT2D eigenvalue weighted by molar-refractivity contribution is -0.157. The smallest absolute Gasteiger partial charge is 0.346 e. The molecule has 0 aliphatic heterocycles. The summed E-state index contributed by atoms with van der Waals surface area (Å²) < 4.78 is 95.5. The van der Waals surface area contributed by atoms with E-state index in [0.29, 0.717) is 29.7 Å². The molecule has 0 N–H and O–H groups in total. The van der Waals surface area contributed by atoms with Crippen molar-refractivity contribution in [2.24, 2.45) is 5.41 Å². The molecule has 0 amide bonds. The van der Waals surface area contributed by atoms with Crippen LogP contribution in [-0.2, 0) is 22.7 Å². The number of esters is 2. The van der Waals surface area contributed by atoms with Gasteiger partial charge >= 0.3 is 11.9 Å². The van der Waals surface area contributed by atoms with Crippen LogP contribution in [0.25, 0.3) is 10.9 Å². The number of carbonyl (C=O) groups excluding carboxylic acids is 2. The number of nitrogens with zero attached hydrogens (tertiary/aromatic N) is 3. The van der Waals surface area contributed by atoms with Crippen molar-refractivity contribution in [1.29, 1.82) is 0 Å². The predicted molar refractivity (Wildman–Crippen MR) is 153 cm³/mol. The molecule has 5 rings (SSSR count). The number of aryl methyl sites for hydroxylation is 2. The fourth-order valence-electron chi connectivity index (χ4n) is 5.25. The van der Waals surface area contributed by atoms with E-state index in [1.54, 1.807) is 39.8 Å². The van der Waals surface area contributed by atoms with Crippen LogP contribution < -0.4 is 15.2 Å². The molecule has 1 atom stereocenters. The van der Waals surface area contributed by atoms with Gasteiger partial charge in [0.05, 0.1) is 33.6 Å². The Morgan fingerprint density at radius 2 is 1.61 bits per heavy atom. The first-order valence-corrected chi connectivity index (χ1v) is 14.0. The second-order valence-corrected chi connectivity index (χ2v) is 11.9. The number of rotatable bonds is 6. The van der Waals surface area contributed by atoms with Crippen LogP contribution in [0.5, 0.6) is 5.75 Å². The van der Waals surface area contributed by atoms with E-state index in [1.807, 2.05) is 0 Å². The molecule has 1 heterocycles. The summed E-state index contributed by atoms with van der Waals surface area (Å²) in [6, 6.07) is 6.39. The van der Waals surface area contributed by atoms with Gasteiger partial charge in [-0.3, -0.25) is 14.2 Å². The number of hydrogen-bond acceptors (Lipinski definition) is 7. The van der Waals surface area contributed by atoms with E-state index < -0.39 is 75.2 Å². The van der Waals surface area contributed by atoms with Crippen LogP contribution in [-0.4, -0.2) is 28.5 Å². The maximum absolute atomic E-state index is 15.7. The first-order valence-electron chi connectivity index (χ1n) is 14.0. The van der Waals surface area contributed by atoms with Crippen molar-refractivity contribution in [3.8, 4) is 5.75 Å². The number of ether oxygens (including phenoxy) is 2. The molecule has 0 saturated heterocycles. The molecule has 0 radical (unpaired) electrons. The predicted octanol–water partition coefficient (Wildman–Crippen LogP) is 6.43. The summed E-state index contributed by atoms with van der Waals surface area (Å²) in [4.78, 5) is 44.5. The summed E-state index contributed by atoms with van der Waals surface area (Å²) in [5.41, 5.74) is -0.265. The SMILES string of the molecule is Cc1nc2cc3c(cc2c(=O)n1COC(=O)C(C)(C)C)C(N(C)c1cccc(C(=O)Oc2c(F)c(F)c(F)c(F)c2F)c1F)CC3. The Morgan fingerprint density at radius 3 is 2.24 bits per heavy atom. The molecule has 1 unspecified atom stereocenters. The van der Waals surface area contributed by atoms with Crippen molar-refractivity contribution in [1.82, 2.24) is 9.55 Å². The third-order valence-electron chi connectivity index (χ3n) is 7.80. The van der Waals surface area contributed by atoms with Crippen LogP contribution in [0.2, 0.25) is 0 Å². The maximum Gasteiger partial charge on any atom is 0.346 e. The van der Waals surface area contributed by atoms with Crippen molar-refractivity contribution in [2.45, 2.75) is 53.3 Å². The molecule has 0 spiro atoms. The third kappa shape index (κ3) is 5.56. The molecule has 1 aromatic heterocycles. The Hall–Kier alpha value is -4.88. The van der Waals surface area contributed by atoms with E-state index in [0.717, 1.165) is 11.6 Å². The van der Waals surface area contributed by atoms with Gasteiger partial charge in [-0.1, -0.05) is 6.07 Å². The molecule has 46 heavy (non-hydrogen) atoms. The lowest BCUT2D eigenvalue weighted by atomic mass is 9.98. The molecule has 4 aromatic rings. The summed E-state index contributed by atoms with van der Waals surface area (Å²) in [6.07, 6.45) is 1.01. The molecule has 0 saturated carbocycles. The lowest BCUT2D eigenvalue weighted by Crippen LogP contribution is -2.30. The zero-order valence-electron chi connectivity index (χ0n) is 25.2. The zero-order chi connectivity index (χ0) is 33.8. The van der Waals surface area contributed by atoms with Gasteiger partial charge in [-0.05, 0) is 75.9 Å². The van der Waals surface area contributed by atoms with Gasteiger partial charge in [0, 0.05) is 7.05 Å². The Bertz CT molecular complexity index is 1960. The second kappa shape index (κ2) is 11.8. The number of benzene rings is 3. The van der Waals surface area contributed by atoms with Crippen LogP contribution in [0, 0.1) is 47.2 Å². The van der Waals surface area contributed by atoms with Crippen LogP contribution in [0.4, 0.5) is 32.0 Å². The Kier molecular flexibility index (Phi) is 8.34. The van der Waals surface area contributed by atoms with E-state index in [1.165, 1.54) is 28.6 Å². The van der Waals surface area contributed by atoms with Gasteiger partial charge in [-0.2, -0.15) is 8.78 Å². The highest BCUT2D eigenvalue weighted by atomic mass is 19.2. The first-order chi connectivity index (χ1) is 21.5. The molecule has 8 nitrogen and oxygen atoms in total. The summed E-state index contributed by atoms with van der Waals surface area (Å²) in [6.45, 7) is 6.31. The topological polar surface area (TPSA) is 90.7 Å². The molecular weight excluding hydrogens is 620 g/mol. The molecule has 14 heteroatoms. The summed E-state index contributed by atoms with van der Waals surface area (Å²) in [5.74, 6) is -16.8. The number of aromatic nitrogens is 2. The Labute approximate surface area is 258 Å². The lowest BCUT2D eigenvalue weighted by Gasteiger charge is -2.28. The van der Waals surface area contributed by atoms with Gasteiger partial charge < -0.3 is 14.4 Å². The monoisotopic (exact) mass is 647 g/mol. The summed E-state index contributed by atoms with van der Waals surface area (Å²) in [7, 11) is 1.53. The molecule has 0 fully saturated rings. The van der Waals surface area contributed by atoms with Crippen molar-refractivity contribution in [3.63, 3.8) is 0 Å².